The summed E-state index contributed by atoms with van der Waals surface area (Å²) in [5.74, 6) is 0. The first-order valence-corrected chi connectivity index (χ1v) is 9.59. The van der Waals surface area contributed by atoms with Crippen LogP contribution in [0.25, 0.3) is 0 Å². The van der Waals surface area contributed by atoms with E-state index in [1.165, 1.54) is 5.56 Å². The normalized spacial score (nSPS) is 25.8. The third-order valence-corrected chi connectivity index (χ3v) is 5.74. The molecule has 5 heteroatoms. The highest BCUT2D eigenvalue weighted by Gasteiger charge is 2.33. The molecule has 0 spiro atoms. The fourth-order valence-electron chi connectivity index (χ4n) is 3.88. The average molecular weight is 345 g/mol. The number of urea groups is 1. The van der Waals surface area contributed by atoms with Gasteiger partial charge in [-0.15, -0.1) is 0 Å². The molecule has 1 aromatic rings. The van der Waals surface area contributed by atoms with Crippen LogP contribution in [-0.4, -0.2) is 46.8 Å². The summed E-state index contributed by atoms with van der Waals surface area (Å²) in [5.41, 5.74) is 0.817. The molecular formula is C20H31N3O2. The zero-order chi connectivity index (χ0) is 17.7. The van der Waals surface area contributed by atoms with Crippen LogP contribution in [0.5, 0.6) is 0 Å². The van der Waals surface area contributed by atoms with Gasteiger partial charge in [-0.1, -0.05) is 30.3 Å². The molecule has 2 amide bonds. The van der Waals surface area contributed by atoms with Gasteiger partial charge in [0.05, 0.1) is 5.60 Å². The Bertz CT molecular complexity index is 559. The van der Waals surface area contributed by atoms with Crippen molar-refractivity contribution in [3.8, 4) is 0 Å². The standard InChI is InChI=1S/C20H31N3O2/c1-16-14-18(8-13-23(16)15-17-6-3-2-4-7-17)22-19(24)21-12-11-20(25)9-5-10-20/h2-4,6-7,16,18,25H,5,8-15H2,1H3,(H2,21,22,24)/t16-,18-/m0/s1. The number of aliphatic hydroxyl groups is 1. The molecule has 1 aliphatic heterocycles. The molecule has 0 bridgehead atoms. The summed E-state index contributed by atoms with van der Waals surface area (Å²) >= 11 is 0. The van der Waals surface area contributed by atoms with Crippen LogP contribution in [0.4, 0.5) is 4.79 Å². The third kappa shape index (κ3) is 5.19. The first kappa shape index (κ1) is 18.2. The van der Waals surface area contributed by atoms with E-state index in [4.69, 9.17) is 0 Å². The number of rotatable bonds is 6. The molecule has 3 rings (SSSR count). The Hall–Kier alpha value is -1.59. The van der Waals surface area contributed by atoms with Crippen LogP contribution in [-0.2, 0) is 6.54 Å². The van der Waals surface area contributed by atoms with Gasteiger partial charge < -0.3 is 15.7 Å². The van der Waals surface area contributed by atoms with Crippen molar-refractivity contribution in [3.63, 3.8) is 0 Å². The molecule has 25 heavy (non-hydrogen) atoms. The molecule has 3 N–H and O–H groups in total. The number of benzene rings is 1. The zero-order valence-corrected chi connectivity index (χ0v) is 15.2. The molecular weight excluding hydrogens is 314 g/mol. The maximum atomic E-state index is 12.1. The Labute approximate surface area is 150 Å². The van der Waals surface area contributed by atoms with Crippen molar-refractivity contribution in [1.82, 2.24) is 15.5 Å². The van der Waals surface area contributed by atoms with Crippen LogP contribution in [0.1, 0.15) is 51.0 Å². The van der Waals surface area contributed by atoms with Crippen molar-refractivity contribution in [2.45, 2.75) is 69.7 Å². The summed E-state index contributed by atoms with van der Waals surface area (Å²) in [6.45, 7) is 4.76. The molecule has 138 valence electrons. The first-order valence-electron chi connectivity index (χ1n) is 9.59. The third-order valence-electron chi connectivity index (χ3n) is 5.74. The zero-order valence-electron chi connectivity index (χ0n) is 15.2. The van der Waals surface area contributed by atoms with E-state index < -0.39 is 5.60 Å². The Morgan fingerprint density at radius 1 is 1.32 bits per heavy atom. The number of nitrogens with one attached hydrogen (secondary N) is 2. The number of hydrogen-bond donors (Lipinski definition) is 3. The molecule has 0 unspecified atom stereocenters. The van der Waals surface area contributed by atoms with Gasteiger partial charge in [0.2, 0.25) is 0 Å². The first-order chi connectivity index (χ1) is 12.0. The van der Waals surface area contributed by atoms with E-state index in [1.807, 2.05) is 6.07 Å². The summed E-state index contributed by atoms with van der Waals surface area (Å²) in [6, 6.07) is 11.1. The minimum Gasteiger partial charge on any atom is -0.390 e. The second-order valence-electron chi connectivity index (χ2n) is 7.75. The number of piperidine rings is 1. The molecule has 2 aliphatic rings. The van der Waals surface area contributed by atoms with Crippen molar-refractivity contribution in [1.29, 1.82) is 0 Å². The number of carbonyl (C=O) groups excluding carboxylic acids is 1. The average Bonchev–Trinajstić information content (AvgIpc) is 2.57. The van der Waals surface area contributed by atoms with E-state index >= 15 is 0 Å². The second kappa shape index (κ2) is 8.19. The smallest absolute Gasteiger partial charge is 0.315 e. The molecule has 1 aliphatic carbocycles. The number of likely N-dealkylation sites (tertiary alicyclic amines) is 1. The van der Waals surface area contributed by atoms with Gasteiger partial charge in [0.25, 0.3) is 0 Å². The topological polar surface area (TPSA) is 64.6 Å². The maximum Gasteiger partial charge on any atom is 0.315 e. The maximum absolute atomic E-state index is 12.1. The molecule has 1 heterocycles. The predicted octanol–water partition coefficient (Wildman–Crippen LogP) is 2.64. The molecule has 0 aromatic heterocycles. The fraction of sp³-hybridized carbons (Fsp3) is 0.650. The lowest BCUT2D eigenvalue weighted by Crippen LogP contribution is -2.51. The van der Waals surface area contributed by atoms with Gasteiger partial charge in [-0.3, -0.25) is 4.90 Å². The van der Waals surface area contributed by atoms with Gasteiger partial charge in [0.15, 0.2) is 0 Å². The summed E-state index contributed by atoms with van der Waals surface area (Å²) in [4.78, 5) is 14.5. The largest absolute Gasteiger partial charge is 0.390 e. The van der Waals surface area contributed by atoms with Crippen LogP contribution in [0, 0.1) is 0 Å². The lowest BCUT2D eigenvalue weighted by Gasteiger charge is -2.38. The van der Waals surface area contributed by atoms with E-state index in [-0.39, 0.29) is 12.1 Å². The van der Waals surface area contributed by atoms with E-state index in [2.05, 4.69) is 46.7 Å². The van der Waals surface area contributed by atoms with Crippen LogP contribution >= 0.6 is 0 Å². The minimum atomic E-state index is -0.523. The monoisotopic (exact) mass is 345 g/mol. The van der Waals surface area contributed by atoms with E-state index in [1.54, 1.807) is 0 Å². The van der Waals surface area contributed by atoms with Crippen LogP contribution < -0.4 is 10.6 Å². The molecule has 5 nitrogen and oxygen atoms in total. The summed E-state index contributed by atoms with van der Waals surface area (Å²) in [6.07, 6.45) is 5.45. The fourth-order valence-corrected chi connectivity index (χ4v) is 3.88. The van der Waals surface area contributed by atoms with E-state index in [0.29, 0.717) is 19.0 Å². The molecule has 2 fully saturated rings. The van der Waals surface area contributed by atoms with Crippen LogP contribution in [0.3, 0.4) is 0 Å². The molecule has 1 saturated heterocycles. The Balaban J connectivity index is 1.36. The van der Waals surface area contributed by atoms with Crippen LogP contribution in [0.15, 0.2) is 30.3 Å². The molecule has 0 radical (unpaired) electrons. The summed E-state index contributed by atoms with van der Waals surface area (Å²) in [5, 5.41) is 16.0. The van der Waals surface area contributed by atoms with Crippen molar-refractivity contribution in [3.05, 3.63) is 35.9 Å². The minimum absolute atomic E-state index is 0.100. The van der Waals surface area contributed by atoms with Crippen LogP contribution in [0.2, 0.25) is 0 Å². The van der Waals surface area contributed by atoms with Gasteiger partial charge in [0, 0.05) is 31.7 Å². The summed E-state index contributed by atoms with van der Waals surface area (Å²) < 4.78 is 0. The Kier molecular flexibility index (Phi) is 5.97. The Morgan fingerprint density at radius 2 is 2.08 bits per heavy atom. The SMILES string of the molecule is C[C@H]1C[C@@H](NC(=O)NCCC2(O)CCC2)CCN1Cc1ccccc1. The van der Waals surface area contributed by atoms with Crippen molar-refractivity contribution < 1.29 is 9.90 Å². The highest BCUT2D eigenvalue weighted by Crippen LogP contribution is 2.34. The van der Waals surface area contributed by atoms with E-state index in [0.717, 1.165) is 45.2 Å². The lowest BCUT2D eigenvalue weighted by molar-refractivity contribution is -0.0389. The van der Waals surface area contributed by atoms with Crippen molar-refractivity contribution >= 4 is 6.03 Å². The van der Waals surface area contributed by atoms with Gasteiger partial charge in [0.1, 0.15) is 0 Å². The number of amides is 2. The van der Waals surface area contributed by atoms with Crippen molar-refractivity contribution in [2.75, 3.05) is 13.1 Å². The number of carbonyl (C=O) groups is 1. The molecule has 1 saturated carbocycles. The van der Waals surface area contributed by atoms with Gasteiger partial charge in [-0.2, -0.15) is 0 Å². The predicted molar refractivity (Wildman–Crippen MR) is 99.3 cm³/mol. The number of hydrogen-bond acceptors (Lipinski definition) is 3. The van der Waals surface area contributed by atoms with E-state index in [9.17, 15) is 9.90 Å². The van der Waals surface area contributed by atoms with Gasteiger partial charge >= 0.3 is 6.03 Å². The second-order valence-corrected chi connectivity index (χ2v) is 7.75. The Morgan fingerprint density at radius 3 is 2.72 bits per heavy atom. The van der Waals surface area contributed by atoms with Gasteiger partial charge in [-0.25, -0.2) is 4.79 Å². The van der Waals surface area contributed by atoms with Crippen molar-refractivity contribution in [2.24, 2.45) is 0 Å². The highest BCUT2D eigenvalue weighted by molar-refractivity contribution is 5.74. The quantitative estimate of drug-likeness (QED) is 0.743. The lowest BCUT2D eigenvalue weighted by atomic mass is 9.78. The molecule has 1 aromatic carbocycles. The van der Waals surface area contributed by atoms with Gasteiger partial charge in [-0.05, 0) is 51.0 Å². The highest BCUT2D eigenvalue weighted by atomic mass is 16.3. The number of nitrogens with zero attached hydrogens (tertiary/aromatic N) is 1. The summed E-state index contributed by atoms with van der Waals surface area (Å²) in [7, 11) is 0. The molecule has 2 atom stereocenters.